The standard InChI is InChI=1S/C17H12NO3S/c19-11-15(12-4-2-1-3-5-12)17-8-6-13-10-14(18(20)21)7-9-16(13)22-17/h1-11,20H/q-1/b17-15-. The summed E-state index contributed by atoms with van der Waals surface area (Å²) in [5.74, 6) is 0. The van der Waals surface area contributed by atoms with E-state index in [2.05, 4.69) is 0 Å². The molecule has 0 bridgehead atoms. The predicted molar refractivity (Wildman–Crippen MR) is 88.4 cm³/mol. The summed E-state index contributed by atoms with van der Waals surface area (Å²) in [4.78, 5) is 13.3. The number of benzene rings is 2. The Morgan fingerprint density at radius 1 is 1.14 bits per heavy atom. The second kappa shape index (κ2) is 6.19. The fourth-order valence-corrected chi connectivity index (χ4v) is 3.26. The molecule has 22 heavy (non-hydrogen) atoms. The summed E-state index contributed by atoms with van der Waals surface area (Å²) >= 11 is 1.46. The number of hydrogen-bond acceptors (Lipinski definition) is 5. The van der Waals surface area contributed by atoms with Crippen LogP contribution in [-0.2, 0) is 4.79 Å². The predicted octanol–water partition coefficient (Wildman–Crippen LogP) is 4.11. The molecule has 1 heterocycles. The molecule has 0 saturated heterocycles. The van der Waals surface area contributed by atoms with Crippen molar-refractivity contribution < 1.29 is 10.0 Å². The minimum atomic E-state index is -0.162. The lowest BCUT2D eigenvalue weighted by Gasteiger charge is -2.23. The lowest BCUT2D eigenvalue weighted by molar-refractivity contribution is -0.103. The van der Waals surface area contributed by atoms with E-state index in [0.29, 0.717) is 5.57 Å². The maximum Gasteiger partial charge on any atom is 0.151 e. The molecule has 0 atom stereocenters. The van der Waals surface area contributed by atoms with Gasteiger partial charge in [0.2, 0.25) is 0 Å². The minimum absolute atomic E-state index is 0.162. The minimum Gasteiger partial charge on any atom is -0.733 e. The van der Waals surface area contributed by atoms with Gasteiger partial charge >= 0.3 is 0 Å². The van der Waals surface area contributed by atoms with E-state index in [1.165, 1.54) is 11.8 Å². The number of nitrogens with zero attached hydrogens (tertiary/aromatic N) is 1. The van der Waals surface area contributed by atoms with Crippen LogP contribution in [0.5, 0.6) is 0 Å². The van der Waals surface area contributed by atoms with E-state index < -0.39 is 0 Å². The van der Waals surface area contributed by atoms with Gasteiger partial charge in [-0.25, -0.2) is 0 Å². The van der Waals surface area contributed by atoms with Crippen molar-refractivity contribution in [1.29, 1.82) is 0 Å². The molecule has 3 rings (SSSR count). The van der Waals surface area contributed by atoms with Crippen molar-refractivity contribution in [3.05, 3.63) is 75.8 Å². The Balaban J connectivity index is 2.01. The van der Waals surface area contributed by atoms with Gasteiger partial charge in [-0.3, -0.25) is 10.0 Å². The summed E-state index contributed by atoms with van der Waals surface area (Å²) in [5, 5.41) is 19.7. The van der Waals surface area contributed by atoms with E-state index in [4.69, 9.17) is 5.21 Å². The second-order valence-corrected chi connectivity index (χ2v) is 5.78. The number of hydrogen-bond donors (Lipinski definition) is 1. The monoisotopic (exact) mass is 310 g/mol. The highest BCUT2D eigenvalue weighted by atomic mass is 32.2. The Morgan fingerprint density at radius 2 is 1.91 bits per heavy atom. The molecular weight excluding hydrogens is 298 g/mol. The topological polar surface area (TPSA) is 63.6 Å². The van der Waals surface area contributed by atoms with E-state index in [-0.39, 0.29) is 10.9 Å². The summed E-state index contributed by atoms with van der Waals surface area (Å²) in [6, 6.07) is 14.4. The van der Waals surface area contributed by atoms with Gasteiger partial charge in [0.15, 0.2) is 6.29 Å². The first-order chi connectivity index (χ1) is 10.7. The lowest BCUT2D eigenvalue weighted by Crippen LogP contribution is -2.07. The summed E-state index contributed by atoms with van der Waals surface area (Å²) in [6.45, 7) is 0. The van der Waals surface area contributed by atoms with Gasteiger partial charge in [0, 0.05) is 15.4 Å². The Labute approximate surface area is 131 Å². The van der Waals surface area contributed by atoms with Gasteiger partial charge in [-0.05, 0) is 35.4 Å². The van der Waals surface area contributed by atoms with Crippen molar-refractivity contribution in [2.45, 2.75) is 4.90 Å². The molecular formula is C17H12NO3S-. The molecule has 0 fully saturated rings. The van der Waals surface area contributed by atoms with E-state index in [0.717, 1.165) is 27.2 Å². The molecule has 0 radical (unpaired) electrons. The number of rotatable bonds is 3. The number of thioether (sulfide) groups is 1. The second-order valence-electron chi connectivity index (χ2n) is 4.69. The Kier molecular flexibility index (Phi) is 4.11. The first kappa shape index (κ1) is 14.6. The van der Waals surface area contributed by atoms with Crippen molar-refractivity contribution in [3.63, 3.8) is 0 Å². The summed E-state index contributed by atoms with van der Waals surface area (Å²) in [5.41, 5.74) is 2.50. The van der Waals surface area contributed by atoms with E-state index in [9.17, 15) is 10.0 Å². The van der Waals surface area contributed by atoms with Gasteiger partial charge in [-0.2, -0.15) is 0 Å². The molecule has 0 aliphatic carbocycles. The first-order valence-electron chi connectivity index (χ1n) is 6.60. The van der Waals surface area contributed by atoms with Gasteiger partial charge in [0.25, 0.3) is 0 Å². The number of carbonyl (C=O) groups is 1. The largest absolute Gasteiger partial charge is 0.733 e. The molecule has 1 N–H and O–H groups in total. The van der Waals surface area contributed by atoms with Gasteiger partial charge < -0.3 is 10.4 Å². The zero-order chi connectivity index (χ0) is 15.5. The van der Waals surface area contributed by atoms with Crippen LogP contribution >= 0.6 is 11.8 Å². The molecule has 1 aliphatic rings. The van der Waals surface area contributed by atoms with Crippen molar-refractivity contribution in [1.82, 2.24) is 0 Å². The highest BCUT2D eigenvalue weighted by molar-refractivity contribution is 8.03. The number of anilines is 1. The van der Waals surface area contributed by atoms with E-state index >= 15 is 0 Å². The van der Waals surface area contributed by atoms with E-state index in [1.807, 2.05) is 42.5 Å². The average Bonchev–Trinajstić information content (AvgIpc) is 2.56. The van der Waals surface area contributed by atoms with Crippen molar-refractivity contribution in [3.8, 4) is 0 Å². The smallest absolute Gasteiger partial charge is 0.151 e. The number of aldehydes is 1. The van der Waals surface area contributed by atoms with Crippen molar-refractivity contribution in [2.75, 3.05) is 5.23 Å². The molecule has 0 amide bonds. The number of fused-ring (bicyclic) bond motifs is 1. The zero-order valence-corrected chi connectivity index (χ0v) is 12.3. The van der Waals surface area contributed by atoms with Crippen LogP contribution in [0.25, 0.3) is 11.6 Å². The van der Waals surface area contributed by atoms with Gasteiger partial charge in [-0.1, -0.05) is 48.2 Å². The maximum atomic E-state index is 11.5. The van der Waals surface area contributed by atoms with Crippen LogP contribution in [0.1, 0.15) is 11.1 Å². The molecule has 0 aromatic heterocycles. The molecule has 2 aromatic carbocycles. The molecule has 1 aliphatic heterocycles. The number of allylic oxidation sites excluding steroid dienone is 2. The Morgan fingerprint density at radius 3 is 2.59 bits per heavy atom. The fourth-order valence-electron chi connectivity index (χ4n) is 2.23. The van der Waals surface area contributed by atoms with Gasteiger partial charge in [0.05, 0.1) is 5.69 Å². The molecule has 0 spiro atoms. The van der Waals surface area contributed by atoms with Gasteiger partial charge in [-0.15, -0.1) is 0 Å². The maximum absolute atomic E-state index is 11.5. The highest BCUT2D eigenvalue weighted by Gasteiger charge is 2.14. The Bertz CT molecular complexity index is 767. The van der Waals surface area contributed by atoms with Crippen molar-refractivity contribution in [2.24, 2.45) is 0 Å². The van der Waals surface area contributed by atoms with Crippen LogP contribution in [-0.4, -0.2) is 11.5 Å². The SMILES string of the molecule is O=C/C(=C1\C=Cc2cc(N([O-])O)ccc2S1)c1ccccc1. The molecule has 0 saturated carbocycles. The quantitative estimate of drug-likeness (QED) is 0.525. The van der Waals surface area contributed by atoms with Crippen LogP contribution in [0.2, 0.25) is 0 Å². The lowest BCUT2D eigenvalue weighted by atomic mass is 10.1. The van der Waals surface area contributed by atoms with Crippen LogP contribution < -0.4 is 5.23 Å². The summed E-state index contributed by atoms with van der Waals surface area (Å²) in [7, 11) is 0. The van der Waals surface area contributed by atoms with Crippen molar-refractivity contribution >= 4 is 35.4 Å². The first-order valence-corrected chi connectivity index (χ1v) is 7.41. The van der Waals surface area contributed by atoms with E-state index in [1.54, 1.807) is 18.2 Å². The third-order valence-corrected chi connectivity index (χ3v) is 4.48. The summed E-state index contributed by atoms with van der Waals surface area (Å²) < 4.78 is 0. The number of carbonyl (C=O) groups excluding carboxylic acids is 1. The van der Waals surface area contributed by atoms with Crippen LogP contribution in [0.4, 0.5) is 5.69 Å². The fraction of sp³-hybridized carbons (Fsp3) is 0. The van der Waals surface area contributed by atoms with Crippen LogP contribution in [0.15, 0.2) is 64.4 Å². The molecule has 5 heteroatoms. The molecule has 0 unspecified atom stereocenters. The molecule has 110 valence electrons. The average molecular weight is 310 g/mol. The van der Waals surface area contributed by atoms with Crippen LogP contribution in [0.3, 0.4) is 0 Å². The van der Waals surface area contributed by atoms with Crippen LogP contribution in [0, 0.1) is 5.21 Å². The van der Waals surface area contributed by atoms with Gasteiger partial charge in [0.1, 0.15) is 0 Å². The Hall–Kier alpha value is -2.34. The third-order valence-electron chi connectivity index (χ3n) is 3.32. The molecule has 2 aromatic rings. The zero-order valence-electron chi connectivity index (χ0n) is 11.5. The normalized spacial score (nSPS) is 15.2. The molecule has 4 nitrogen and oxygen atoms in total. The summed E-state index contributed by atoms with van der Waals surface area (Å²) in [6.07, 6.45) is 4.54. The third kappa shape index (κ3) is 2.82. The highest BCUT2D eigenvalue weighted by Crippen LogP contribution is 2.40.